The molecule has 0 aromatic heterocycles. The van der Waals surface area contributed by atoms with E-state index < -0.39 is 5.97 Å². The van der Waals surface area contributed by atoms with Crippen molar-refractivity contribution in [2.24, 2.45) is 0 Å². The zero-order valence-corrected chi connectivity index (χ0v) is 13.5. The molecule has 3 aliphatic heterocycles. The van der Waals surface area contributed by atoms with Gasteiger partial charge < -0.3 is 20.2 Å². The fraction of sp³-hybridized carbons (Fsp3) is 0.500. The first-order valence-electron chi connectivity index (χ1n) is 8.48. The highest BCUT2D eigenvalue weighted by Crippen LogP contribution is 2.43. The molecule has 122 valence electrons. The van der Waals surface area contributed by atoms with E-state index in [1.165, 1.54) is 16.9 Å². The van der Waals surface area contributed by atoms with Crippen LogP contribution < -0.4 is 15.1 Å². The number of nitrogens with zero attached hydrogens (tertiary/aromatic N) is 2. The highest BCUT2D eigenvalue weighted by atomic mass is 16.4. The third-order valence-electron chi connectivity index (χ3n) is 5.29. The zero-order chi connectivity index (χ0) is 16.0. The monoisotopic (exact) mass is 313 g/mol. The van der Waals surface area contributed by atoms with Crippen LogP contribution in [0.25, 0.3) is 0 Å². The van der Waals surface area contributed by atoms with Gasteiger partial charge in [-0.2, -0.15) is 0 Å². The molecule has 1 aromatic carbocycles. The number of hydrogen-bond donors (Lipinski definition) is 2. The van der Waals surface area contributed by atoms with Crippen molar-refractivity contribution in [2.45, 2.75) is 32.2 Å². The van der Waals surface area contributed by atoms with E-state index in [0.717, 1.165) is 44.6 Å². The van der Waals surface area contributed by atoms with E-state index >= 15 is 0 Å². The number of carbonyl (C=O) groups is 1. The number of carboxylic acid groups (broad SMARTS) is 1. The lowest BCUT2D eigenvalue weighted by Gasteiger charge is -2.42. The summed E-state index contributed by atoms with van der Waals surface area (Å²) in [5, 5.41) is 12.8. The second-order valence-electron chi connectivity index (χ2n) is 6.74. The van der Waals surface area contributed by atoms with Gasteiger partial charge in [-0.3, -0.25) is 0 Å². The summed E-state index contributed by atoms with van der Waals surface area (Å²) >= 11 is 0. The summed E-state index contributed by atoms with van der Waals surface area (Å²) in [6.07, 6.45) is 4.54. The van der Waals surface area contributed by atoms with Crippen LogP contribution in [0.1, 0.15) is 24.5 Å². The van der Waals surface area contributed by atoms with Crippen molar-refractivity contribution in [3.8, 4) is 0 Å². The molecule has 0 radical (unpaired) electrons. The van der Waals surface area contributed by atoms with Gasteiger partial charge in [0.2, 0.25) is 0 Å². The summed E-state index contributed by atoms with van der Waals surface area (Å²) in [5.41, 5.74) is 5.67. The van der Waals surface area contributed by atoms with Gasteiger partial charge in [0.1, 0.15) is 0 Å². The molecule has 0 aliphatic carbocycles. The first-order valence-corrected chi connectivity index (χ1v) is 8.48. The zero-order valence-electron chi connectivity index (χ0n) is 13.5. The summed E-state index contributed by atoms with van der Waals surface area (Å²) in [6, 6.07) is 4.70. The van der Waals surface area contributed by atoms with Crippen LogP contribution in [0.3, 0.4) is 0 Å². The third-order valence-corrected chi connectivity index (χ3v) is 5.29. The molecule has 1 fully saturated rings. The van der Waals surface area contributed by atoms with Gasteiger partial charge in [-0.1, -0.05) is 6.07 Å². The lowest BCUT2D eigenvalue weighted by atomic mass is 9.87. The smallest absolute Gasteiger partial charge is 0.333 e. The first kappa shape index (κ1) is 14.6. The summed E-state index contributed by atoms with van der Waals surface area (Å²) in [5.74, 6) is -0.804. The molecule has 3 heterocycles. The number of anilines is 2. The summed E-state index contributed by atoms with van der Waals surface area (Å²) in [6.45, 7) is 6.32. The average Bonchev–Trinajstić information content (AvgIpc) is 2.58. The van der Waals surface area contributed by atoms with E-state index in [2.05, 4.69) is 34.2 Å². The van der Waals surface area contributed by atoms with Crippen molar-refractivity contribution in [1.29, 1.82) is 0 Å². The molecular weight excluding hydrogens is 290 g/mol. The Morgan fingerprint density at radius 1 is 1.30 bits per heavy atom. The molecule has 4 rings (SSSR count). The highest BCUT2D eigenvalue weighted by Gasteiger charge is 2.32. The molecule has 23 heavy (non-hydrogen) atoms. The fourth-order valence-corrected chi connectivity index (χ4v) is 4.04. The minimum atomic E-state index is -0.804. The molecule has 5 nitrogen and oxygen atoms in total. The van der Waals surface area contributed by atoms with Gasteiger partial charge in [0.25, 0.3) is 0 Å². The Balaban J connectivity index is 1.80. The SMILES string of the molecule is CC1CCc2c(N3CCNCC3)ccc3c2N1C=C(C(=O)O)C3. The number of benzene rings is 1. The van der Waals surface area contributed by atoms with Crippen LogP contribution in [0.4, 0.5) is 11.4 Å². The molecule has 1 saturated heterocycles. The molecule has 1 unspecified atom stereocenters. The van der Waals surface area contributed by atoms with Gasteiger partial charge in [-0.15, -0.1) is 0 Å². The number of carboxylic acids is 1. The van der Waals surface area contributed by atoms with Gasteiger partial charge >= 0.3 is 5.97 Å². The van der Waals surface area contributed by atoms with E-state index in [4.69, 9.17) is 0 Å². The number of aliphatic carboxylic acids is 1. The number of hydrogen-bond acceptors (Lipinski definition) is 4. The Labute approximate surface area is 136 Å². The topological polar surface area (TPSA) is 55.8 Å². The Morgan fingerprint density at radius 3 is 2.83 bits per heavy atom. The van der Waals surface area contributed by atoms with Crippen molar-refractivity contribution in [2.75, 3.05) is 36.0 Å². The molecule has 1 atom stereocenters. The Bertz CT molecular complexity index is 677. The molecule has 0 spiro atoms. The van der Waals surface area contributed by atoms with E-state index in [1.54, 1.807) is 0 Å². The van der Waals surface area contributed by atoms with Crippen molar-refractivity contribution >= 4 is 17.3 Å². The molecule has 3 aliphatic rings. The maximum absolute atomic E-state index is 11.4. The first-order chi connectivity index (χ1) is 11.1. The second-order valence-corrected chi connectivity index (χ2v) is 6.74. The quantitative estimate of drug-likeness (QED) is 0.871. The van der Waals surface area contributed by atoms with Crippen molar-refractivity contribution in [3.63, 3.8) is 0 Å². The molecule has 2 N–H and O–H groups in total. The van der Waals surface area contributed by atoms with Crippen molar-refractivity contribution in [3.05, 3.63) is 35.0 Å². The molecule has 0 amide bonds. The molecule has 0 saturated carbocycles. The van der Waals surface area contributed by atoms with Gasteiger partial charge in [-0.05, 0) is 37.0 Å². The third kappa shape index (κ3) is 2.39. The lowest BCUT2D eigenvalue weighted by Crippen LogP contribution is -2.44. The fourth-order valence-electron chi connectivity index (χ4n) is 4.04. The van der Waals surface area contributed by atoms with Crippen LogP contribution in [-0.4, -0.2) is 43.3 Å². The van der Waals surface area contributed by atoms with Gasteiger partial charge in [0.05, 0.1) is 5.57 Å². The minimum Gasteiger partial charge on any atom is -0.478 e. The highest BCUT2D eigenvalue weighted by molar-refractivity contribution is 5.90. The second kappa shape index (κ2) is 5.57. The number of nitrogens with one attached hydrogen (secondary N) is 1. The maximum Gasteiger partial charge on any atom is 0.333 e. The Hall–Kier alpha value is -2.01. The van der Waals surface area contributed by atoms with Crippen LogP contribution in [0.2, 0.25) is 0 Å². The van der Waals surface area contributed by atoms with E-state index in [-0.39, 0.29) is 0 Å². The minimum absolute atomic E-state index is 0.356. The lowest BCUT2D eigenvalue weighted by molar-refractivity contribution is -0.132. The van der Waals surface area contributed by atoms with Crippen molar-refractivity contribution in [1.82, 2.24) is 5.32 Å². The Morgan fingerprint density at radius 2 is 2.09 bits per heavy atom. The van der Waals surface area contributed by atoms with Crippen LogP contribution in [0.15, 0.2) is 23.9 Å². The van der Waals surface area contributed by atoms with Crippen LogP contribution in [-0.2, 0) is 17.6 Å². The Kier molecular flexibility index (Phi) is 3.53. The van der Waals surface area contributed by atoms with Crippen molar-refractivity contribution < 1.29 is 9.90 Å². The van der Waals surface area contributed by atoms with Crippen LogP contribution >= 0.6 is 0 Å². The maximum atomic E-state index is 11.4. The molecule has 1 aromatic rings. The largest absolute Gasteiger partial charge is 0.478 e. The molecule has 5 heteroatoms. The van der Waals surface area contributed by atoms with Crippen LogP contribution in [0, 0.1) is 0 Å². The number of piperazine rings is 1. The summed E-state index contributed by atoms with van der Waals surface area (Å²) in [7, 11) is 0. The van der Waals surface area contributed by atoms with Crippen LogP contribution in [0.5, 0.6) is 0 Å². The van der Waals surface area contributed by atoms with Gasteiger partial charge in [0, 0.05) is 56.2 Å². The van der Waals surface area contributed by atoms with Gasteiger partial charge in [-0.25, -0.2) is 4.79 Å². The predicted molar refractivity (Wildman–Crippen MR) is 91.2 cm³/mol. The summed E-state index contributed by atoms with van der Waals surface area (Å²) in [4.78, 5) is 16.1. The summed E-state index contributed by atoms with van der Waals surface area (Å²) < 4.78 is 0. The normalized spacial score (nSPS) is 23.3. The van der Waals surface area contributed by atoms with E-state index in [0.29, 0.717) is 18.0 Å². The van der Waals surface area contributed by atoms with Gasteiger partial charge in [0.15, 0.2) is 0 Å². The number of rotatable bonds is 2. The van der Waals surface area contributed by atoms with E-state index in [9.17, 15) is 9.90 Å². The average molecular weight is 313 g/mol. The van der Waals surface area contributed by atoms with E-state index in [1.807, 2.05) is 6.20 Å². The predicted octanol–water partition coefficient (Wildman–Crippen LogP) is 1.76. The molecular formula is C18H23N3O2. The standard InChI is InChI=1S/C18H23N3O2/c1-12-2-4-15-16(20-8-6-19-7-9-20)5-3-13-10-14(18(22)23)11-21(12)17(13)15/h3,5,11-12,19H,2,4,6-10H2,1H3,(H,22,23). The molecule has 0 bridgehead atoms.